The highest BCUT2D eigenvalue weighted by molar-refractivity contribution is 5.89. The van der Waals surface area contributed by atoms with Crippen LogP contribution in [-0.4, -0.2) is 55.0 Å². The molecule has 0 radical (unpaired) electrons. The van der Waals surface area contributed by atoms with Crippen molar-refractivity contribution in [2.45, 2.75) is 38.6 Å². The number of nitrogens with zero attached hydrogens (tertiary/aromatic N) is 1. The van der Waals surface area contributed by atoms with Crippen molar-refractivity contribution in [1.29, 1.82) is 0 Å². The molecule has 4 aromatic carbocycles. The second-order valence-electron chi connectivity index (χ2n) is 11.7. The SMILES string of the molecule is C[C@@H]1[C@H](CN2CCOCC2)O[C@H](c2ccc(CNC(=O)Nc3ccc(Oc4ccccc4)cc3)cc2)O[C@@H]1c1ccc(CO)cc1. The number of urea groups is 1. The van der Waals surface area contributed by atoms with Gasteiger partial charge in [0, 0.05) is 43.3 Å². The number of amides is 2. The van der Waals surface area contributed by atoms with E-state index in [1.54, 1.807) is 12.1 Å². The van der Waals surface area contributed by atoms with Gasteiger partial charge < -0.3 is 34.7 Å². The normalized spacial score (nSPS) is 21.8. The third-order valence-electron chi connectivity index (χ3n) is 8.46. The van der Waals surface area contributed by atoms with Crippen molar-refractivity contribution >= 4 is 11.7 Å². The third-order valence-corrected chi connectivity index (χ3v) is 8.46. The topological polar surface area (TPSA) is 102 Å². The van der Waals surface area contributed by atoms with Gasteiger partial charge in [-0.3, -0.25) is 4.90 Å². The van der Waals surface area contributed by atoms with Crippen LogP contribution in [0.3, 0.4) is 0 Å². The van der Waals surface area contributed by atoms with Crippen molar-refractivity contribution in [3.8, 4) is 11.5 Å². The van der Waals surface area contributed by atoms with E-state index in [0.717, 1.165) is 60.9 Å². The van der Waals surface area contributed by atoms with E-state index in [4.69, 9.17) is 18.9 Å². The van der Waals surface area contributed by atoms with E-state index in [-0.39, 0.29) is 30.8 Å². The molecule has 2 amide bonds. The van der Waals surface area contributed by atoms with E-state index in [1.807, 2.05) is 91.0 Å². The summed E-state index contributed by atoms with van der Waals surface area (Å²) >= 11 is 0. The van der Waals surface area contributed by atoms with E-state index >= 15 is 0 Å². The summed E-state index contributed by atoms with van der Waals surface area (Å²) in [4.78, 5) is 15.0. The molecule has 0 bridgehead atoms. The maximum atomic E-state index is 12.6. The lowest BCUT2D eigenvalue weighted by atomic mass is 9.90. The van der Waals surface area contributed by atoms with Gasteiger partial charge in [0.15, 0.2) is 6.29 Å². The summed E-state index contributed by atoms with van der Waals surface area (Å²) in [5, 5.41) is 15.3. The molecule has 0 aromatic heterocycles. The van der Waals surface area contributed by atoms with Crippen LogP contribution in [0.4, 0.5) is 10.5 Å². The maximum Gasteiger partial charge on any atom is 0.319 e. The number of aliphatic hydroxyl groups excluding tert-OH is 1. The first kappa shape index (κ1) is 31.7. The van der Waals surface area contributed by atoms with Crippen LogP contribution >= 0.6 is 0 Å². The predicted octanol–water partition coefficient (Wildman–Crippen LogP) is 6.42. The van der Waals surface area contributed by atoms with E-state index in [2.05, 4.69) is 22.5 Å². The minimum Gasteiger partial charge on any atom is -0.457 e. The van der Waals surface area contributed by atoms with E-state index in [9.17, 15) is 9.90 Å². The Morgan fingerprint density at radius 1 is 0.826 bits per heavy atom. The lowest BCUT2D eigenvalue weighted by Crippen LogP contribution is -2.47. The maximum absolute atomic E-state index is 12.6. The van der Waals surface area contributed by atoms with Gasteiger partial charge in [0.1, 0.15) is 11.5 Å². The van der Waals surface area contributed by atoms with Crippen molar-refractivity contribution in [1.82, 2.24) is 10.2 Å². The van der Waals surface area contributed by atoms with Gasteiger partial charge in [-0.2, -0.15) is 0 Å². The van der Waals surface area contributed by atoms with Crippen molar-refractivity contribution in [2.75, 3.05) is 38.2 Å². The van der Waals surface area contributed by atoms with Crippen LogP contribution in [0.2, 0.25) is 0 Å². The molecule has 9 nitrogen and oxygen atoms in total. The van der Waals surface area contributed by atoms with Crippen molar-refractivity contribution in [2.24, 2.45) is 5.92 Å². The number of rotatable bonds is 10. The second-order valence-corrected chi connectivity index (χ2v) is 11.7. The van der Waals surface area contributed by atoms with Crippen LogP contribution in [0.25, 0.3) is 0 Å². The second kappa shape index (κ2) is 15.4. The molecule has 6 rings (SSSR count). The van der Waals surface area contributed by atoms with Gasteiger partial charge in [0.2, 0.25) is 0 Å². The van der Waals surface area contributed by atoms with Crippen LogP contribution in [0, 0.1) is 5.92 Å². The Balaban J connectivity index is 1.06. The Morgan fingerprint density at radius 3 is 2.17 bits per heavy atom. The van der Waals surface area contributed by atoms with Crippen LogP contribution in [0.1, 0.15) is 41.6 Å². The van der Waals surface area contributed by atoms with Crippen molar-refractivity contribution in [3.05, 3.63) is 125 Å². The zero-order chi connectivity index (χ0) is 31.7. The first-order chi connectivity index (χ1) is 22.5. The van der Waals surface area contributed by atoms with Gasteiger partial charge in [-0.05, 0) is 53.1 Å². The summed E-state index contributed by atoms with van der Waals surface area (Å²) in [6.07, 6.45) is -0.742. The molecule has 0 spiro atoms. The van der Waals surface area contributed by atoms with Crippen LogP contribution in [0.5, 0.6) is 11.5 Å². The number of carbonyl (C=O) groups is 1. The van der Waals surface area contributed by atoms with Crippen molar-refractivity contribution in [3.63, 3.8) is 0 Å². The lowest BCUT2D eigenvalue weighted by molar-refractivity contribution is -0.277. The van der Waals surface area contributed by atoms with E-state index < -0.39 is 6.29 Å². The summed E-state index contributed by atoms with van der Waals surface area (Å²) in [5.74, 6) is 1.56. The fourth-order valence-corrected chi connectivity index (χ4v) is 5.75. The molecule has 240 valence electrons. The Kier molecular flexibility index (Phi) is 10.6. The molecule has 0 unspecified atom stereocenters. The molecule has 2 fully saturated rings. The summed E-state index contributed by atoms with van der Waals surface area (Å²) in [6.45, 7) is 6.59. The summed E-state index contributed by atoms with van der Waals surface area (Å²) in [7, 11) is 0. The Labute approximate surface area is 270 Å². The fourth-order valence-electron chi connectivity index (χ4n) is 5.75. The van der Waals surface area contributed by atoms with Crippen LogP contribution < -0.4 is 15.4 Å². The van der Waals surface area contributed by atoms with Gasteiger partial charge in [0.05, 0.1) is 32.0 Å². The molecule has 2 heterocycles. The molecule has 9 heteroatoms. The molecule has 4 aromatic rings. The Morgan fingerprint density at radius 2 is 1.48 bits per heavy atom. The number of aliphatic hydroxyl groups is 1. The lowest BCUT2D eigenvalue weighted by Gasteiger charge is -2.43. The Hall–Kier alpha value is -4.25. The molecule has 3 N–H and O–H groups in total. The van der Waals surface area contributed by atoms with Gasteiger partial charge in [-0.25, -0.2) is 4.79 Å². The number of hydrogen-bond acceptors (Lipinski definition) is 7. The summed E-state index contributed by atoms with van der Waals surface area (Å²) in [5.41, 5.74) is 4.48. The summed E-state index contributed by atoms with van der Waals surface area (Å²) in [6, 6.07) is 32.4. The summed E-state index contributed by atoms with van der Waals surface area (Å²) < 4.78 is 24.6. The zero-order valence-electron chi connectivity index (χ0n) is 26.0. The number of nitrogens with one attached hydrogen (secondary N) is 2. The third kappa shape index (κ3) is 8.31. The Bertz CT molecular complexity index is 1530. The quantitative estimate of drug-likeness (QED) is 0.188. The molecular weight excluding hydrogens is 582 g/mol. The van der Waals surface area contributed by atoms with Crippen LogP contribution in [0.15, 0.2) is 103 Å². The number of morpholine rings is 1. The fraction of sp³-hybridized carbons (Fsp3) is 0.324. The molecular formula is C37H41N3O6. The zero-order valence-corrected chi connectivity index (χ0v) is 26.0. The standard InChI is InChI=1S/C37H41N3O6/c1-26-34(24-40-19-21-43-22-20-40)45-36(46-35(26)29-11-9-28(25-41)10-12-29)30-13-7-27(8-14-30)23-38-37(42)39-31-15-17-33(18-16-31)44-32-5-3-2-4-6-32/h2-18,26,34-36,41H,19-25H2,1H3,(H2,38,39,42)/t26-,34+,35+,36+/m1/s1. The molecule has 46 heavy (non-hydrogen) atoms. The largest absolute Gasteiger partial charge is 0.457 e. The highest BCUT2D eigenvalue weighted by Gasteiger charge is 2.39. The predicted molar refractivity (Wildman–Crippen MR) is 175 cm³/mol. The smallest absolute Gasteiger partial charge is 0.319 e. The average molecular weight is 624 g/mol. The number of benzene rings is 4. The highest BCUT2D eigenvalue weighted by atomic mass is 16.7. The first-order valence-corrected chi connectivity index (χ1v) is 15.8. The van der Waals surface area contributed by atoms with Gasteiger partial charge in [-0.15, -0.1) is 0 Å². The van der Waals surface area contributed by atoms with E-state index in [0.29, 0.717) is 18.0 Å². The molecule has 2 aliphatic rings. The molecule has 2 aliphatic heterocycles. The number of para-hydroxylation sites is 1. The van der Waals surface area contributed by atoms with Gasteiger partial charge in [0.25, 0.3) is 0 Å². The molecule has 4 atom stereocenters. The molecule has 2 saturated heterocycles. The minimum atomic E-state index is -0.538. The number of carbonyl (C=O) groups excluding carboxylic acids is 1. The number of ether oxygens (including phenoxy) is 4. The average Bonchev–Trinajstić information content (AvgIpc) is 3.10. The van der Waals surface area contributed by atoms with Crippen molar-refractivity contribution < 1.29 is 28.8 Å². The van der Waals surface area contributed by atoms with Gasteiger partial charge >= 0.3 is 6.03 Å². The van der Waals surface area contributed by atoms with Gasteiger partial charge in [-0.1, -0.05) is 73.7 Å². The monoisotopic (exact) mass is 623 g/mol. The number of anilines is 1. The molecule has 0 saturated carbocycles. The minimum absolute atomic E-state index is 0.00727. The van der Waals surface area contributed by atoms with E-state index in [1.165, 1.54) is 0 Å². The molecule has 0 aliphatic carbocycles. The van der Waals surface area contributed by atoms with Crippen LogP contribution in [-0.2, 0) is 27.4 Å². The highest BCUT2D eigenvalue weighted by Crippen LogP contribution is 2.42. The number of hydrogen-bond donors (Lipinski definition) is 3. The first-order valence-electron chi connectivity index (χ1n) is 15.8.